The standard InChI is InChI=1S/C20H25ClN4O3S/c1-14(2)17-8-7-15(13-23-17)24-19(26)20(22)9-11-25(12-10-20)29(27,28)18-6-4-3-5-16(18)21/h3-8,13-14H,9-12,22H2,1-2H3,(H,24,26). The summed E-state index contributed by atoms with van der Waals surface area (Å²) in [5.74, 6) is -0.0450. The van der Waals surface area contributed by atoms with Gasteiger partial charge >= 0.3 is 0 Å². The van der Waals surface area contributed by atoms with E-state index in [-0.39, 0.29) is 41.8 Å². The molecule has 29 heavy (non-hydrogen) atoms. The van der Waals surface area contributed by atoms with E-state index in [1.807, 2.05) is 19.9 Å². The number of carbonyl (C=O) groups excluding carboxylic acids is 1. The molecule has 1 aliphatic rings. The highest BCUT2D eigenvalue weighted by molar-refractivity contribution is 7.89. The van der Waals surface area contributed by atoms with Crippen LogP contribution < -0.4 is 11.1 Å². The van der Waals surface area contributed by atoms with E-state index in [1.54, 1.807) is 24.4 Å². The molecule has 1 fully saturated rings. The topological polar surface area (TPSA) is 105 Å². The molecule has 0 unspecified atom stereocenters. The normalized spacial score (nSPS) is 17.3. The van der Waals surface area contributed by atoms with Crippen molar-refractivity contribution in [3.63, 3.8) is 0 Å². The summed E-state index contributed by atoms with van der Waals surface area (Å²) in [5, 5.41) is 2.97. The molecule has 1 amide bonds. The molecule has 0 saturated carbocycles. The minimum absolute atomic E-state index is 0.0620. The lowest BCUT2D eigenvalue weighted by Crippen LogP contribution is -2.58. The van der Waals surface area contributed by atoms with Crippen molar-refractivity contribution >= 4 is 33.2 Å². The van der Waals surface area contributed by atoms with Gasteiger partial charge in [0.15, 0.2) is 0 Å². The van der Waals surface area contributed by atoms with Crippen LogP contribution in [0.1, 0.15) is 38.3 Å². The molecule has 156 valence electrons. The van der Waals surface area contributed by atoms with Crippen LogP contribution in [-0.4, -0.2) is 42.2 Å². The molecule has 1 aromatic carbocycles. The maximum Gasteiger partial charge on any atom is 0.244 e. The Morgan fingerprint density at radius 2 is 1.86 bits per heavy atom. The minimum Gasteiger partial charge on any atom is -0.323 e. The number of anilines is 1. The van der Waals surface area contributed by atoms with Crippen LogP contribution in [0.2, 0.25) is 5.02 Å². The van der Waals surface area contributed by atoms with Crippen molar-refractivity contribution in [1.82, 2.24) is 9.29 Å². The number of nitrogens with one attached hydrogen (secondary N) is 1. The lowest BCUT2D eigenvalue weighted by Gasteiger charge is -2.37. The molecular weight excluding hydrogens is 412 g/mol. The van der Waals surface area contributed by atoms with E-state index in [0.717, 1.165) is 5.69 Å². The van der Waals surface area contributed by atoms with Gasteiger partial charge in [-0.1, -0.05) is 37.6 Å². The summed E-state index contributed by atoms with van der Waals surface area (Å²) < 4.78 is 27.0. The van der Waals surface area contributed by atoms with Crippen LogP contribution in [0.4, 0.5) is 5.69 Å². The van der Waals surface area contributed by atoms with Crippen molar-refractivity contribution < 1.29 is 13.2 Å². The summed E-state index contributed by atoms with van der Waals surface area (Å²) in [7, 11) is -3.74. The summed E-state index contributed by atoms with van der Waals surface area (Å²) in [6.45, 7) is 4.36. The van der Waals surface area contributed by atoms with Crippen LogP contribution in [0.3, 0.4) is 0 Å². The highest BCUT2D eigenvalue weighted by Crippen LogP contribution is 2.29. The van der Waals surface area contributed by atoms with Crippen LogP contribution in [-0.2, 0) is 14.8 Å². The molecule has 3 rings (SSSR count). The second-order valence-electron chi connectivity index (χ2n) is 7.57. The molecule has 7 nitrogen and oxygen atoms in total. The summed E-state index contributed by atoms with van der Waals surface area (Å²) in [6.07, 6.45) is 2.02. The first-order valence-corrected chi connectivity index (χ1v) is 11.3. The molecule has 2 aromatic rings. The van der Waals surface area contributed by atoms with Gasteiger partial charge in [-0.25, -0.2) is 8.42 Å². The molecule has 0 bridgehead atoms. The van der Waals surface area contributed by atoms with Gasteiger partial charge in [-0.05, 0) is 43.0 Å². The van der Waals surface area contributed by atoms with Crippen LogP contribution in [0.15, 0.2) is 47.5 Å². The monoisotopic (exact) mass is 436 g/mol. The van der Waals surface area contributed by atoms with Gasteiger partial charge in [-0.2, -0.15) is 4.31 Å². The third-order valence-electron chi connectivity index (χ3n) is 5.16. The first-order valence-electron chi connectivity index (χ1n) is 9.44. The van der Waals surface area contributed by atoms with Gasteiger partial charge in [0.25, 0.3) is 0 Å². The van der Waals surface area contributed by atoms with Crippen molar-refractivity contribution in [2.24, 2.45) is 5.73 Å². The zero-order valence-electron chi connectivity index (χ0n) is 16.4. The van der Waals surface area contributed by atoms with Gasteiger partial charge in [0, 0.05) is 18.8 Å². The predicted octanol–water partition coefficient (Wildman–Crippen LogP) is 2.98. The number of amides is 1. The van der Waals surface area contributed by atoms with Gasteiger partial charge in [0.05, 0.1) is 22.4 Å². The fraction of sp³-hybridized carbons (Fsp3) is 0.400. The molecule has 0 atom stereocenters. The molecular formula is C20H25ClN4O3S. The number of rotatable bonds is 5. The van der Waals surface area contributed by atoms with Gasteiger partial charge in [-0.3, -0.25) is 9.78 Å². The fourth-order valence-electron chi connectivity index (χ4n) is 3.22. The van der Waals surface area contributed by atoms with Crippen molar-refractivity contribution in [2.75, 3.05) is 18.4 Å². The number of benzene rings is 1. The van der Waals surface area contributed by atoms with E-state index in [0.29, 0.717) is 11.6 Å². The summed E-state index contributed by atoms with van der Waals surface area (Å²) in [5.41, 5.74) is 6.67. The van der Waals surface area contributed by atoms with Crippen molar-refractivity contribution in [2.45, 2.75) is 43.0 Å². The number of nitrogens with two attached hydrogens (primary N) is 1. The number of piperidine rings is 1. The molecule has 9 heteroatoms. The zero-order valence-corrected chi connectivity index (χ0v) is 18.0. The first-order chi connectivity index (χ1) is 13.6. The SMILES string of the molecule is CC(C)c1ccc(NC(=O)C2(N)CCN(S(=O)(=O)c3ccccc3Cl)CC2)cn1. The Bertz CT molecular complexity index is 985. The molecule has 0 aliphatic carbocycles. The van der Waals surface area contributed by atoms with Crippen LogP contribution in [0, 0.1) is 0 Å². The molecule has 0 spiro atoms. The highest BCUT2D eigenvalue weighted by Gasteiger charge is 2.41. The summed E-state index contributed by atoms with van der Waals surface area (Å²) >= 11 is 6.05. The summed E-state index contributed by atoms with van der Waals surface area (Å²) in [6, 6.07) is 9.97. The third-order valence-corrected chi connectivity index (χ3v) is 7.56. The van der Waals surface area contributed by atoms with Crippen LogP contribution in [0.25, 0.3) is 0 Å². The molecule has 0 radical (unpaired) electrons. The molecule has 1 aromatic heterocycles. The number of nitrogens with zero attached hydrogens (tertiary/aromatic N) is 2. The number of aromatic nitrogens is 1. The predicted molar refractivity (Wildman–Crippen MR) is 113 cm³/mol. The highest BCUT2D eigenvalue weighted by atomic mass is 35.5. The lowest BCUT2D eigenvalue weighted by molar-refractivity contribution is -0.122. The number of sulfonamides is 1. The Labute approximate surface area is 176 Å². The smallest absolute Gasteiger partial charge is 0.244 e. The van der Waals surface area contributed by atoms with Gasteiger partial charge in [0.2, 0.25) is 15.9 Å². The average molecular weight is 437 g/mol. The maximum atomic E-state index is 12.9. The Balaban J connectivity index is 1.67. The van der Waals surface area contributed by atoms with E-state index in [9.17, 15) is 13.2 Å². The first kappa shape index (κ1) is 21.7. The Hall–Kier alpha value is -2.00. The van der Waals surface area contributed by atoms with Gasteiger partial charge in [-0.15, -0.1) is 0 Å². The Morgan fingerprint density at radius 1 is 1.21 bits per heavy atom. The van der Waals surface area contributed by atoms with E-state index >= 15 is 0 Å². The van der Waals surface area contributed by atoms with Crippen LogP contribution >= 0.6 is 11.6 Å². The van der Waals surface area contributed by atoms with E-state index in [4.69, 9.17) is 17.3 Å². The minimum atomic E-state index is -3.74. The average Bonchev–Trinajstić information content (AvgIpc) is 2.69. The van der Waals surface area contributed by atoms with Crippen molar-refractivity contribution in [1.29, 1.82) is 0 Å². The number of carbonyl (C=O) groups is 1. The van der Waals surface area contributed by atoms with E-state index in [2.05, 4.69) is 10.3 Å². The number of halogens is 1. The van der Waals surface area contributed by atoms with E-state index in [1.165, 1.54) is 16.4 Å². The quantitative estimate of drug-likeness (QED) is 0.749. The van der Waals surface area contributed by atoms with Gasteiger partial charge < -0.3 is 11.1 Å². The zero-order chi connectivity index (χ0) is 21.2. The van der Waals surface area contributed by atoms with Crippen molar-refractivity contribution in [3.8, 4) is 0 Å². The van der Waals surface area contributed by atoms with Gasteiger partial charge in [0.1, 0.15) is 4.90 Å². The fourth-order valence-corrected chi connectivity index (χ4v) is 5.16. The van der Waals surface area contributed by atoms with Crippen LogP contribution in [0.5, 0.6) is 0 Å². The Morgan fingerprint density at radius 3 is 2.41 bits per heavy atom. The van der Waals surface area contributed by atoms with Crippen molar-refractivity contribution in [3.05, 3.63) is 53.3 Å². The number of pyridine rings is 1. The molecule has 1 saturated heterocycles. The maximum absolute atomic E-state index is 12.9. The lowest BCUT2D eigenvalue weighted by atomic mass is 9.88. The van der Waals surface area contributed by atoms with E-state index < -0.39 is 15.6 Å². The second kappa shape index (κ2) is 8.39. The Kier molecular flexibility index (Phi) is 6.28. The summed E-state index contributed by atoms with van der Waals surface area (Å²) in [4.78, 5) is 17.1. The molecule has 3 N–H and O–H groups in total. The second-order valence-corrected chi connectivity index (χ2v) is 9.88. The number of hydrogen-bond acceptors (Lipinski definition) is 5. The molecule has 1 aliphatic heterocycles. The largest absolute Gasteiger partial charge is 0.323 e. The third kappa shape index (κ3) is 4.61. The molecule has 2 heterocycles. The number of hydrogen-bond donors (Lipinski definition) is 2.